The van der Waals surface area contributed by atoms with Crippen LogP contribution in [0, 0.1) is 0 Å². The summed E-state index contributed by atoms with van der Waals surface area (Å²) in [6.45, 7) is 0. The quantitative estimate of drug-likeness (QED) is 0.323. The monoisotopic (exact) mass is 448 g/mol. The number of benzene rings is 4. The second kappa shape index (κ2) is 9.88. The van der Waals surface area contributed by atoms with Gasteiger partial charge in [0, 0.05) is 22.6 Å². The molecule has 1 heterocycles. The molecule has 0 atom stereocenters. The summed E-state index contributed by atoms with van der Waals surface area (Å²) < 4.78 is 1.22. The van der Waals surface area contributed by atoms with Gasteiger partial charge in [0.15, 0.2) is 0 Å². The van der Waals surface area contributed by atoms with Crippen LogP contribution < -0.4 is 10.2 Å². The number of hydrogen-bond donors (Lipinski definition) is 0. The van der Waals surface area contributed by atoms with E-state index < -0.39 is 11.5 Å². The number of nitrogens with zero attached hydrogens (tertiary/aromatic N) is 2. The summed E-state index contributed by atoms with van der Waals surface area (Å²) in [5.41, 5.74) is 13.6. The van der Waals surface area contributed by atoms with Crippen molar-refractivity contribution in [2.75, 3.05) is 0 Å². The molecule has 0 radical (unpaired) electrons. The zero-order chi connectivity index (χ0) is 20.9. The third-order valence-electron chi connectivity index (χ3n) is 4.76. The minimum Gasteiger partial charge on any atom is -0.873 e. The molecule has 0 aliphatic carbocycles. The maximum absolute atomic E-state index is 11.2. The fraction of sp³-hybridized carbons (Fsp3) is 0. The molecule has 0 fully saturated rings. The molecule has 0 bridgehead atoms. The summed E-state index contributed by atoms with van der Waals surface area (Å²) in [6, 6.07) is 30.0. The van der Waals surface area contributed by atoms with E-state index in [0.29, 0.717) is 5.39 Å². The molecule has 0 amide bonds. The maximum atomic E-state index is 11.2. The van der Waals surface area contributed by atoms with Gasteiger partial charge in [-0.3, -0.25) is 0 Å². The molecule has 31 heavy (non-hydrogen) atoms. The Hall–Kier alpha value is -3.69. The Morgan fingerprint density at radius 1 is 0.677 bits per heavy atom. The molecule has 0 unspecified atom stereocenters. The van der Waals surface area contributed by atoms with Gasteiger partial charge in [-0.2, -0.15) is 0 Å². The average molecular weight is 449 g/mol. The number of allylic oxidation sites excluding steroid dienone is 1. The zero-order valence-electron chi connectivity index (χ0n) is 16.4. The Labute approximate surface area is 190 Å². The van der Waals surface area contributed by atoms with Gasteiger partial charge in [-0.1, -0.05) is 84.9 Å². The third kappa shape index (κ3) is 5.08. The van der Waals surface area contributed by atoms with Crippen molar-refractivity contribution in [3.8, 4) is 11.5 Å². The molecule has 156 valence electrons. The normalized spacial score (nSPS) is 12.3. The van der Waals surface area contributed by atoms with E-state index in [4.69, 9.17) is 0 Å². The van der Waals surface area contributed by atoms with Crippen molar-refractivity contribution in [3.05, 3.63) is 125 Å². The molecular weight excluding hydrogens is 431 g/mol. The molecule has 5 rings (SSSR count). The molecule has 1 aliphatic heterocycles. The van der Waals surface area contributed by atoms with Crippen LogP contribution in [0.1, 0.15) is 11.1 Å². The van der Waals surface area contributed by atoms with Crippen LogP contribution in [-0.4, -0.2) is 4.70 Å². The van der Waals surface area contributed by atoms with Gasteiger partial charge < -0.3 is 15.7 Å². The van der Waals surface area contributed by atoms with E-state index in [9.17, 15) is 15.7 Å². The van der Waals surface area contributed by atoms with E-state index in [0.717, 1.165) is 27.9 Å². The molecule has 0 saturated carbocycles. The van der Waals surface area contributed by atoms with Crippen molar-refractivity contribution >= 4 is 22.5 Å². The second-order valence-corrected chi connectivity index (χ2v) is 6.77. The van der Waals surface area contributed by atoms with Crippen LogP contribution in [0.4, 0.5) is 0 Å². The van der Waals surface area contributed by atoms with Gasteiger partial charge >= 0.3 is 0 Å². The van der Waals surface area contributed by atoms with E-state index in [1.165, 1.54) is 10.8 Å². The van der Waals surface area contributed by atoms with Crippen molar-refractivity contribution < 1.29 is 31.4 Å². The minimum absolute atomic E-state index is 0. The molecule has 5 heteroatoms. The Bertz CT molecular complexity index is 1270. The van der Waals surface area contributed by atoms with Crippen molar-refractivity contribution in [2.24, 2.45) is 0 Å². The molecule has 4 nitrogen and oxygen atoms in total. The van der Waals surface area contributed by atoms with Gasteiger partial charge in [-0.15, -0.1) is 11.5 Å². The smallest absolute Gasteiger partial charge is 0.279 e. The predicted octanol–water partition coefficient (Wildman–Crippen LogP) is 5.10. The van der Waals surface area contributed by atoms with Crippen molar-refractivity contribution in [1.82, 2.24) is 0 Å². The second-order valence-electron chi connectivity index (χ2n) is 6.77. The Morgan fingerprint density at radius 3 is 2.00 bits per heavy atom. The Balaban J connectivity index is 0.000000183. The van der Waals surface area contributed by atoms with Crippen molar-refractivity contribution in [3.63, 3.8) is 0 Å². The molecular formula is C26H18N2NiO2-2. The SMILES string of the molecule is [N-]=[N+]1C(C=Cc2ccccc2)=C1c1ccccc1.[Ni].[O-]c1ccc2ccccc2c1[O-]. The van der Waals surface area contributed by atoms with Crippen molar-refractivity contribution in [2.45, 2.75) is 0 Å². The fourth-order valence-corrected chi connectivity index (χ4v) is 3.15. The molecule has 0 spiro atoms. The van der Waals surface area contributed by atoms with Gasteiger partial charge in [0.25, 0.3) is 11.4 Å². The summed E-state index contributed by atoms with van der Waals surface area (Å²) in [7, 11) is 0. The van der Waals surface area contributed by atoms with E-state index in [-0.39, 0.29) is 16.5 Å². The predicted molar refractivity (Wildman–Crippen MR) is 115 cm³/mol. The first kappa shape index (κ1) is 22.0. The standard InChI is InChI=1S/C16H12N2.C10H8O2.Ni/c17-18-15(12-11-13-7-3-1-4-8-13)16(18)14-9-5-2-6-10-14;11-9-6-5-7-3-1-2-4-8(7)10(9)12;/h1-12H;1-6,11-12H;/p-2. The Kier molecular flexibility index (Phi) is 7.01. The van der Waals surface area contributed by atoms with Crippen LogP contribution in [-0.2, 0) is 16.5 Å². The first-order valence-corrected chi connectivity index (χ1v) is 9.53. The number of rotatable bonds is 3. The summed E-state index contributed by atoms with van der Waals surface area (Å²) in [6.07, 6.45) is 3.92. The zero-order valence-corrected chi connectivity index (χ0v) is 17.4. The molecule has 4 aromatic carbocycles. The first-order chi connectivity index (χ1) is 14.6. The van der Waals surface area contributed by atoms with Crippen LogP contribution in [0.3, 0.4) is 0 Å². The average Bonchev–Trinajstić information content (AvgIpc) is 3.46. The van der Waals surface area contributed by atoms with Gasteiger partial charge in [0.05, 0.1) is 5.56 Å². The van der Waals surface area contributed by atoms with Gasteiger partial charge in [-0.25, -0.2) is 4.70 Å². The van der Waals surface area contributed by atoms with Gasteiger partial charge in [0.2, 0.25) is 0 Å². The molecule has 0 N–H and O–H groups in total. The number of hydrogen-bond acceptors (Lipinski definition) is 2. The third-order valence-corrected chi connectivity index (χ3v) is 4.76. The van der Waals surface area contributed by atoms with Crippen LogP contribution in [0.2, 0.25) is 0 Å². The van der Waals surface area contributed by atoms with Gasteiger partial charge in [0.1, 0.15) is 0 Å². The molecule has 1 aliphatic rings. The summed E-state index contributed by atoms with van der Waals surface area (Å²) >= 11 is 0. The maximum Gasteiger partial charge on any atom is 0.279 e. The van der Waals surface area contributed by atoms with Crippen LogP contribution in [0.25, 0.3) is 28.1 Å². The van der Waals surface area contributed by atoms with Crippen molar-refractivity contribution in [1.29, 1.82) is 0 Å². The summed E-state index contributed by atoms with van der Waals surface area (Å²) in [5, 5.41) is 23.5. The van der Waals surface area contributed by atoms with Crippen LogP contribution >= 0.6 is 0 Å². The first-order valence-electron chi connectivity index (χ1n) is 9.53. The minimum atomic E-state index is -0.436. The molecule has 0 saturated heterocycles. The van der Waals surface area contributed by atoms with E-state index in [2.05, 4.69) is 0 Å². The summed E-state index contributed by atoms with van der Waals surface area (Å²) in [4.78, 5) is 0. The summed E-state index contributed by atoms with van der Waals surface area (Å²) in [5.74, 6) is -0.846. The van der Waals surface area contributed by atoms with E-state index in [1.807, 2.05) is 84.9 Å². The van der Waals surface area contributed by atoms with Gasteiger partial charge in [-0.05, 0) is 34.5 Å². The largest absolute Gasteiger partial charge is 0.873 e. The fourth-order valence-electron chi connectivity index (χ4n) is 3.15. The topological polar surface area (TPSA) is 71.4 Å². The molecule has 0 aromatic heterocycles. The Morgan fingerprint density at radius 2 is 1.29 bits per heavy atom. The van der Waals surface area contributed by atoms with E-state index in [1.54, 1.807) is 18.2 Å². The van der Waals surface area contributed by atoms with E-state index >= 15 is 0 Å². The number of fused-ring (bicyclic) bond motifs is 1. The van der Waals surface area contributed by atoms with Crippen LogP contribution in [0.15, 0.2) is 109 Å². The molecule has 4 aromatic rings. The van der Waals surface area contributed by atoms with Crippen LogP contribution in [0.5, 0.6) is 11.5 Å².